The van der Waals surface area contributed by atoms with Crippen LogP contribution < -0.4 is 0 Å². The van der Waals surface area contributed by atoms with Crippen LogP contribution in [0.1, 0.15) is 70.4 Å². The van der Waals surface area contributed by atoms with Crippen molar-refractivity contribution in [3.63, 3.8) is 0 Å². The molecule has 0 radical (unpaired) electrons. The predicted octanol–water partition coefficient (Wildman–Crippen LogP) is 6.71. The first-order chi connectivity index (χ1) is 14.2. The molecule has 0 aromatic carbocycles. The van der Waals surface area contributed by atoms with Crippen LogP contribution in [-0.2, 0) is 4.79 Å². The standard InChI is InChI=1S/C26H29F2NO/c1-15-10-19-21-5-4-20(16-11-17(24(27)28)14-29-13-16)25(21,2)9-7-22(19)26(3)8-6-18(30)12-23(15)26/h4-5,11-15,19,22,24H,6-10H2,1-3H3/t15?,19-,22-,25+,26+/m0/s1. The molecule has 1 heterocycles. The number of carbonyl (C=O) groups is 1. The van der Waals surface area contributed by atoms with Gasteiger partial charge in [0.15, 0.2) is 5.78 Å². The van der Waals surface area contributed by atoms with Crippen molar-refractivity contribution in [3.8, 4) is 0 Å². The van der Waals surface area contributed by atoms with Gasteiger partial charge in [-0.3, -0.25) is 9.78 Å². The smallest absolute Gasteiger partial charge is 0.265 e. The van der Waals surface area contributed by atoms with Gasteiger partial charge < -0.3 is 0 Å². The zero-order valence-electron chi connectivity index (χ0n) is 17.9. The first-order valence-corrected chi connectivity index (χ1v) is 11.2. The number of aromatic nitrogens is 1. The largest absolute Gasteiger partial charge is 0.295 e. The van der Waals surface area contributed by atoms with E-state index in [9.17, 15) is 13.6 Å². The minimum Gasteiger partial charge on any atom is -0.295 e. The van der Waals surface area contributed by atoms with Crippen LogP contribution in [0.25, 0.3) is 5.57 Å². The van der Waals surface area contributed by atoms with E-state index in [1.165, 1.54) is 17.3 Å². The van der Waals surface area contributed by atoms with Crippen molar-refractivity contribution in [2.75, 3.05) is 0 Å². The summed E-state index contributed by atoms with van der Waals surface area (Å²) in [4.78, 5) is 16.2. The molecule has 0 bridgehead atoms. The molecule has 5 rings (SSSR count). The van der Waals surface area contributed by atoms with Crippen LogP contribution in [0.2, 0.25) is 0 Å². The Bertz CT molecular complexity index is 1010. The van der Waals surface area contributed by atoms with Gasteiger partial charge in [-0.25, -0.2) is 8.78 Å². The zero-order valence-corrected chi connectivity index (χ0v) is 17.9. The van der Waals surface area contributed by atoms with Crippen LogP contribution in [0.5, 0.6) is 0 Å². The van der Waals surface area contributed by atoms with Gasteiger partial charge in [-0.15, -0.1) is 0 Å². The lowest BCUT2D eigenvalue weighted by Crippen LogP contribution is -2.49. The first-order valence-electron chi connectivity index (χ1n) is 11.2. The van der Waals surface area contributed by atoms with Crippen LogP contribution in [0, 0.1) is 28.6 Å². The molecule has 4 heteroatoms. The lowest BCUT2D eigenvalue weighted by atomic mass is 9.46. The maximum Gasteiger partial charge on any atom is 0.265 e. The third-order valence-electron chi connectivity index (χ3n) is 8.65. The molecule has 2 fully saturated rings. The molecule has 0 N–H and O–H groups in total. The maximum atomic E-state index is 13.3. The second kappa shape index (κ2) is 6.70. The van der Waals surface area contributed by atoms with Crippen molar-refractivity contribution >= 4 is 11.4 Å². The van der Waals surface area contributed by atoms with Crippen LogP contribution in [-0.4, -0.2) is 10.8 Å². The number of allylic oxidation sites excluding steroid dienone is 6. The third-order valence-corrected chi connectivity index (χ3v) is 8.65. The van der Waals surface area contributed by atoms with E-state index < -0.39 is 6.43 Å². The van der Waals surface area contributed by atoms with Crippen molar-refractivity contribution in [1.82, 2.24) is 4.98 Å². The zero-order chi connectivity index (χ0) is 21.3. The summed E-state index contributed by atoms with van der Waals surface area (Å²) in [5.74, 6) is 1.71. The van der Waals surface area contributed by atoms with Gasteiger partial charge in [-0.2, -0.15) is 0 Å². The minimum absolute atomic E-state index is 0.0143. The second-order valence-electron chi connectivity index (χ2n) is 10.2. The molecule has 1 aromatic heterocycles. The fourth-order valence-corrected chi connectivity index (χ4v) is 7.11. The number of carbonyl (C=O) groups excluding carboxylic acids is 1. The Kier molecular flexibility index (Phi) is 4.43. The Labute approximate surface area is 177 Å². The Morgan fingerprint density at radius 3 is 2.70 bits per heavy atom. The van der Waals surface area contributed by atoms with E-state index in [2.05, 4.69) is 37.9 Å². The van der Waals surface area contributed by atoms with Gasteiger partial charge in [0, 0.05) is 29.8 Å². The van der Waals surface area contributed by atoms with E-state index in [4.69, 9.17) is 0 Å². The number of rotatable bonds is 2. The lowest BCUT2D eigenvalue weighted by molar-refractivity contribution is -0.116. The number of nitrogens with zero attached hydrogens (tertiary/aromatic N) is 1. The molecule has 30 heavy (non-hydrogen) atoms. The molecule has 0 spiro atoms. The predicted molar refractivity (Wildman–Crippen MR) is 114 cm³/mol. The molecule has 0 amide bonds. The summed E-state index contributed by atoms with van der Waals surface area (Å²) >= 11 is 0. The molecule has 0 aliphatic heterocycles. The molecule has 2 nitrogen and oxygen atoms in total. The minimum atomic E-state index is -2.51. The summed E-state index contributed by atoms with van der Waals surface area (Å²) < 4.78 is 26.5. The molecule has 1 aromatic rings. The lowest BCUT2D eigenvalue weighted by Gasteiger charge is -2.57. The SMILES string of the molecule is CC1C[C@H]2C3=CC=C(c4cncc(C(F)F)c4)[C@@]3(C)CC[C@@H]2[C@@]2(C)CCC(=O)C=C12. The van der Waals surface area contributed by atoms with E-state index in [0.29, 0.717) is 24.2 Å². The Morgan fingerprint density at radius 1 is 1.13 bits per heavy atom. The van der Waals surface area contributed by atoms with E-state index in [0.717, 1.165) is 36.8 Å². The van der Waals surface area contributed by atoms with E-state index in [1.807, 2.05) is 6.08 Å². The fourth-order valence-electron chi connectivity index (χ4n) is 7.11. The Morgan fingerprint density at radius 2 is 1.93 bits per heavy atom. The molecular weight excluding hydrogens is 380 g/mol. The topological polar surface area (TPSA) is 30.0 Å². The number of alkyl halides is 2. The van der Waals surface area contributed by atoms with Crippen LogP contribution in [0.15, 0.2) is 47.8 Å². The molecule has 4 aliphatic rings. The first kappa shape index (κ1) is 19.8. The highest BCUT2D eigenvalue weighted by atomic mass is 19.3. The normalized spacial score (nSPS) is 37.7. The highest BCUT2D eigenvalue weighted by Gasteiger charge is 2.56. The summed E-state index contributed by atoms with van der Waals surface area (Å²) in [6.45, 7) is 6.93. The molecule has 1 unspecified atom stereocenters. The second-order valence-corrected chi connectivity index (χ2v) is 10.2. The number of ketones is 1. The molecule has 5 atom stereocenters. The van der Waals surface area contributed by atoms with Gasteiger partial charge in [0.05, 0.1) is 0 Å². The van der Waals surface area contributed by atoms with Gasteiger partial charge in [0.1, 0.15) is 0 Å². The number of halogens is 2. The van der Waals surface area contributed by atoms with Gasteiger partial charge in [0.25, 0.3) is 6.43 Å². The summed E-state index contributed by atoms with van der Waals surface area (Å²) in [6.07, 6.45) is 11.6. The highest BCUT2D eigenvalue weighted by Crippen LogP contribution is 2.66. The number of hydrogen-bond donors (Lipinski definition) is 0. The van der Waals surface area contributed by atoms with Crippen molar-refractivity contribution in [2.24, 2.45) is 28.6 Å². The van der Waals surface area contributed by atoms with E-state index in [-0.39, 0.29) is 22.2 Å². The van der Waals surface area contributed by atoms with E-state index in [1.54, 1.807) is 12.3 Å². The average Bonchev–Trinajstić information content (AvgIpc) is 3.07. The molecular formula is C26H29F2NO. The van der Waals surface area contributed by atoms with Crippen LogP contribution in [0.4, 0.5) is 8.78 Å². The van der Waals surface area contributed by atoms with Crippen molar-refractivity contribution in [3.05, 3.63) is 59.0 Å². The van der Waals surface area contributed by atoms with Gasteiger partial charge >= 0.3 is 0 Å². The average molecular weight is 410 g/mol. The summed E-state index contributed by atoms with van der Waals surface area (Å²) in [7, 11) is 0. The monoisotopic (exact) mass is 409 g/mol. The molecule has 2 saturated carbocycles. The Balaban J connectivity index is 1.50. The number of hydrogen-bond acceptors (Lipinski definition) is 2. The summed E-state index contributed by atoms with van der Waals surface area (Å²) in [5, 5.41) is 0. The van der Waals surface area contributed by atoms with Gasteiger partial charge in [-0.1, -0.05) is 44.1 Å². The quantitative estimate of drug-likeness (QED) is 0.543. The Hall–Kier alpha value is -2.10. The van der Waals surface area contributed by atoms with Crippen molar-refractivity contribution in [1.29, 1.82) is 0 Å². The van der Waals surface area contributed by atoms with Crippen molar-refractivity contribution in [2.45, 2.75) is 59.3 Å². The fraction of sp³-hybridized carbons (Fsp3) is 0.538. The maximum absolute atomic E-state index is 13.3. The van der Waals surface area contributed by atoms with Gasteiger partial charge in [0.2, 0.25) is 0 Å². The van der Waals surface area contributed by atoms with E-state index >= 15 is 0 Å². The summed E-state index contributed by atoms with van der Waals surface area (Å²) in [5.41, 5.74) is 4.73. The van der Waals surface area contributed by atoms with Gasteiger partial charge in [-0.05, 0) is 72.1 Å². The third kappa shape index (κ3) is 2.72. The van der Waals surface area contributed by atoms with Crippen LogP contribution >= 0.6 is 0 Å². The molecule has 4 aliphatic carbocycles. The molecule has 158 valence electrons. The number of fused-ring (bicyclic) bond motifs is 5. The van der Waals surface area contributed by atoms with Crippen molar-refractivity contribution < 1.29 is 13.6 Å². The molecule has 0 saturated heterocycles. The highest BCUT2D eigenvalue weighted by molar-refractivity contribution is 5.91. The number of pyridine rings is 1. The van der Waals surface area contributed by atoms with Crippen LogP contribution in [0.3, 0.4) is 0 Å². The summed E-state index contributed by atoms with van der Waals surface area (Å²) in [6, 6.07) is 1.61.